The zero-order valence-corrected chi connectivity index (χ0v) is 24.0. The summed E-state index contributed by atoms with van der Waals surface area (Å²) in [6.07, 6.45) is 1.61. The quantitative estimate of drug-likeness (QED) is 0.148. The van der Waals surface area contributed by atoms with E-state index in [0.29, 0.717) is 28.4 Å². The molecule has 0 radical (unpaired) electrons. The van der Waals surface area contributed by atoms with Crippen molar-refractivity contribution < 1.29 is 23.9 Å². The number of hydrogen-bond acceptors (Lipinski definition) is 6. The van der Waals surface area contributed by atoms with Crippen molar-refractivity contribution in [3.8, 4) is 11.5 Å². The summed E-state index contributed by atoms with van der Waals surface area (Å²) in [7, 11) is 0. The Kier molecular flexibility index (Phi) is 9.02. The molecule has 0 saturated carbocycles. The van der Waals surface area contributed by atoms with Gasteiger partial charge in [-0.15, -0.1) is 11.8 Å². The van der Waals surface area contributed by atoms with E-state index in [1.54, 1.807) is 66.7 Å². The van der Waals surface area contributed by atoms with Gasteiger partial charge in [0.1, 0.15) is 5.70 Å². The van der Waals surface area contributed by atoms with Crippen LogP contribution in [0.1, 0.15) is 15.9 Å². The van der Waals surface area contributed by atoms with Crippen molar-refractivity contribution in [2.75, 3.05) is 23.2 Å². The number of hydrogen-bond donors (Lipinski definition) is 3. The zero-order valence-electron chi connectivity index (χ0n) is 21.6. The molecule has 3 amide bonds. The Morgan fingerprint density at radius 3 is 2.41 bits per heavy atom. The molecule has 1 aliphatic heterocycles. The Bertz CT molecular complexity index is 1630. The van der Waals surface area contributed by atoms with Gasteiger partial charge in [-0.3, -0.25) is 14.4 Å². The highest BCUT2D eigenvalue weighted by Crippen LogP contribution is 2.34. The first-order valence-corrected chi connectivity index (χ1v) is 14.3. The number of carbonyl (C=O) groups excluding carboxylic acids is 3. The third-order valence-corrected chi connectivity index (χ3v) is 7.29. The Labute approximate surface area is 249 Å². The van der Waals surface area contributed by atoms with Gasteiger partial charge < -0.3 is 25.4 Å². The molecule has 0 aliphatic carbocycles. The van der Waals surface area contributed by atoms with Crippen molar-refractivity contribution in [3.05, 3.63) is 118 Å². The Balaban J connectivity index is 1.24. The van der Waals surface area contributed by atoms with Crippen LogP contribution in [-0.2, 0) is 9.59 Å². The van der Waals surface area contributed by atoms with Crippen LogP contribution in [0.25, 0.3) is 6.08 Å². The average molecular weight is 631 g/mol. The monoisotopic (exact) mass is 629 g/mol. The van der Waals surface area contributed by atoms with Crippen LogP contribution in [0.3, 0.4) is 0 Å². The van der Waals surface area contributed by atoms with Gasteiger partial charge in [0, 0.05) is 32.4 Å². The summed E-state index contributed by atoms with van der Waals surface area (Å²) in [6, 6.07) is 28.4. The number of rotatable bonds is 9. The second kappa shape index (κ2) is 13.2. The molecule has 0 bridgehead atoms. The first-order valence-electron chi connectivity index (χ1n) is 12.5. The summed E-state index contributed by atoms with van der Waals surface area (Å²) >= 11 is 4.76. The minimum absolute atomic E-state index is 0.0816. The Morgan fingerprint density at radius 2 is 1.59 bits per heavy atom. The molecule has 1 aliphatic rings. The highest BCUT2D eigenvalue weighted by Gasteiger charge is 2.16. The highest BCUT2D eigenvalue weighted by atomic mass is 79.9. The molecule has 3 N–H and O–H groups in total. The lowest BCUT2D eigenvalue weighted by atomic mass is 10.1. The van der Waals surface area contributed by atoms with Gasteiger partial charge in [-0.25, -0.2) is 0 Å². The van der Waals surface area contributed by atoms with Crippen molar-refractivity contribution >= 4 is 62.9 Å². The van der Waals surface area contributed by atoms with Crippen molar-refractivity contribution in [1.29, 1.82) is 0 Å². The molecule has 0 atom stereocenters. The molecule has 4 aromatic carbocycles. The summed E-state index contributed by atoms with van der Waals surface area (Å²) < 4.78 is 11.5. The second-order valence-corrected chi connectivity index (χ2v) is 10.8. The SMILES string of the molecule is O=C(CSc1cccc(NC(=O)/C(=C\c2cccc(Br)c2)NC(=O)c2ccccc2)c1)Nc1ccc2c(c1)OCO2. The van der Waals surface area contributed by atoms with E-state index in [9.17, 15) is 14.4 Å². The lowest BCUT2D eigenvalue weighted by Gasteiger charge is -2.12. The van der Waals surface area contributed by atoms with Gasteiger partial charge in [-0.05, 0) is 66.2 Å². The van der Waals surface area contributed by atoms with Crippen LogP contribution in [-0.4, -0.2) is 30.3 Å². The van der Waals surface area contributed by atoms with E-state index in [4.69, 9.17) is 9.47 Å². The Hall–Kier alpha value is -4.54. The minimum atomic E-state index is -0.489. The van der Waals surface area contributed by atoms with E-state index in [1.165, 1.54) is 11.8 Å². The second-order valence-electron chi connectivity index (χ2n) is 8.82. The van der Waals surface area contributed by atoms with Crippen molar-refractivity contribution in [2.24, 2.45) is 0 Å². The molecule has 0 spiro atoms. The summed E-state index contributed by atoms with van der Waals surface area (Å²) in [5, 5.41) is 8.43. The molecule has 10 heteroatoms. The molecule has 8 nitrogen and oxygen atoms in total. The predicted octanol–water partition coefficient (Wildman–Crippen LogP) is 6.32. The van der Waals surface area contributed by atoms with E-state index in [2.05, 4.69) is 31.9 Å². The number of amides is 3. The van der Waals surface area contributed by atoms with Crippen LogP contribution in [0.2, 0.25) is 0 Å². The number of carbonyl (C=O) groups is 3. The fourth-order valence-electron chi connectivity index (χ4n) is 3.89. The summed E-state index contributed by atoms with van der Waals surface area (Å²) in [4.78, 5) is 39.5. The van der Waals surface area contributed by atoms with Crippen molar-refractivity contribution in [2.45, 2.75) is 4.90 Å². The molecule has 5 rings (SSSR count). The summed E-state index contributed by atoms with van der Waals surface area (Å²) in [6.45, 7) is 0.163. The van der Waals surface area contributed by atoms with Gasteiger partial charge in [-0.2, -0.15) is 0 Å². The van der Waals surface area contributed by atoms with Gasteiger partial charge in [-0.1, -0.05) is 52.3 Å². The maximum atomic E-state index is 13.3. The van der Waals surface area contributed by atoms with Crippen LogP contribution >= 0.6 is 27.7 Å². The number of benzene rings is 4. The zero-order chi connectivity index (χ0) is 28.6. The molecule has 0 saturated heterocycles. The molecular weight excluding hydrogens is 606 g/mol. The number of halogens is 1. The van der Waals surface area contributed by atoms with Crippen LogP contribution < -0.4 is 25.4 Å². The summed E-state index contributed by atoms with van der Waals surface area (Å²) in [5.74, 6) is 0.313. The maximum absolute atomic E-state index is 13.3. The predicted molar refractivity (Wildman–Crippen MR) is 163 cm³/mol. The largest absolute Gasteiger partial charge is 0.454 e. The van der Waals surface area contributed by atoms with Crippen molar-refractivity contribution in [1.82, 2.24) is 5.32 Å². The molecule has 0 unspecified atom stereocenters. The van der Waals surface area contributed by atoms with Gasteiger partial charge in [0.2, 0.25) is 12.7 Å². The van der Waals surface area contributed by atoms with E-state index in [-0.39, 0.29) is 24.2 Å². The van der Waals surface area contributed by atoms with Gasteiger partial charge in [0.05, 0.1) is 5.75 Å². The van der Waals surface area contributed by atoms with E-state index >= 15 is 0 Å². The van der Waals surface area contributed by atoms with Gasteiger partial charge >= 0.3 is 0 Å². The van der Waals surface area contributed by atoms with E-state index in [0.717, 1.165) is 14.9 Å². The highest BCUT2D eigenvalue weighted by molar-refractivity contribution is 9.10. The van der Waals surface area contributed by atoms with Crippen LogP contribution in [0, 0.1) is 0 Å². The average Bonchev–Trinajstić information content (AvgIpc) is 3.44. The fourth-order valence-corrected chi connectivity index (χ4v) is 5.06. The number of fused-ring (bicyclic) bond motifs is 1. The molecular formula is C31H24BrN3O5S. The molecule has 206 valence electrons. The molecule has 1 heterocycles. The van der Waals surface area contributed by atoms with Crippen LogP contribution in [0.15, 0.2) is 112 Å². The number of ether oxygens (including phenoxy) is 2. The van der Waals surface area contributed by atoms with Gasteiger partial charge in [0.15, 0.2) is 11.5 Å². The summed E-state index contributed by atoms with van der Waals surface area (Å²) in [5.41, 5.74) is 2.38. The third-order valence-electron chi connectivity index (χ3n) is 5.81. The third kappa shape index (κ3) is 7.77. The lowest BCUT2D eigenvalue weighted by Crippen LogP contribution is -2.30. The lowest BCUT2D eigenvalue weighted by molar-refractivity contribution is -0.114. The van der Waals surface area contributed by atoms with Gasteiger partial charge in [0.25, 0.3) is 11.8 Å². The molecule has 41 heavy (non-hydrogen) atoms. The Morgan fingerprint density at radius 1 is 0.805 bits per heavy atom. The topological polar surface area (TPSA) is 106 Å². The minimum Gasteiger partial charge on any atom is -0.454 e. The first kappa shape index (κ1) is 28.0. The fraction of sp³-hybridized carbons (Fsp3) is 0.0645. The number of anilines is 2. The standard InChI is InChI=1S/C31H24BrN3O5S/c32-22-9-4-6-20(14-22)15-26(35-30(37)21-7-2-1-3-8-21)31(38)34-23-10-5-11-25(16-23)41-18-29(36)33-24-12-13-27-28(17-24)40-19-39-27/h1-17H,18-19H2,(H,33,36)(H,34,38)(H,35,37)/b26-15+. The van der Waals surface area contributed by atoms with E-state index in [1.807, 2.05) is 36.4 Å². The smallest absolute Gasteiger partial charge is 0.272 e. The number of nitrogens with one attached hydrogen (secondary N) is 3. The number of thioether (sulfide) groups is 1. The van der Waals surface area contributed by atoms with Crippen LogP contribution in [0.4, 0.5) is 11.4 Å². The molecule has 0 aromatic heterocycles. The maximum Gasteiger partial charge on any atom is 0.272 e. The van der Waals surface area contributed by atoms with E-state index < -0.39 is 11.8 Å². The van der Waals surface area contributed by atoms with Crippen molar-refractivity contribution in [3.63, 3.8) is 0 Å². The molecule has 4 aromatic rings. The first-order chi connectivity index (χ1) is 19.9. The van der Waals surface area contributed by atoms with Crippen LogP contribution in [0.5, 0.6) is 11.5 Å². The normalized spacial score (nSPS) is 12.0. The molecule has 0 fully saturated rings.